The fraction of sp³-hybridized carbons (Fsp3) is 0.0667. The molecule has 1 aliphatic rings. The Morgan fingerprint density at radius 1 is 0.447 bits per heavy atom. The van der Waals surface area contributed by atoms with Gasteiger partial charge in [0.1, 0.15) is 11.2 Å². The molecule has 0 N–H and O–H groups in total. The quantitative estimate of drug-likeness (QED) is 0.195. The molecule has 0 unspecified atom stereocenters. The third-order valence-electron chi connectivity index (χ3n) is 9.81. The van der Waals surface area contributed by atoms with E-state index in [1.165, 1.54) is 55.6 Å². The van der Waals surface area contributed by atoms with Gasteiger partial charge in [-0.15, -0.1) is 0 Å². The van der Waals surface area contributed by atoms with Crippen molar-refractivity contribution in [1.82, 2.24) is 0 Å². The second-order valence-electron chi connectivity index (χ2n) is 13.0. The van der Waals surface area contributed by atoms with Gasteiger partial charge < -0.3 is 9.32 Å². The average molecular weight is 604 g/mol. The van der Waals surface area contributed by atoms with E-state index in [0.717, 1.165) is 27.9 Å². The Bertz CT molecular complexity index is 2420. The first-order valence-electron chi connectivity index (χ1n) is 16.3. The van der Waals surface area contributed by atoms with Gasteiger partial charge in [0, 0.05) is 33.1 Å². The summed E-state index contributed by atoms with van der Waals surface area (Å²) in [6.45, 7) is 4.70. The van der Waals surface area contributed by atoms with E-state index in [-0.39, 0.29) is 5.41 Å². The normalized spacial score (nSPS) is 13.1. The molecule has 47 heavy (non-hydrogen) atoms. The first-order chi connectivity index (χ1) is 23.1. The van der Waals surface area contributed by atoms with Crippen molar-refractivity contribution in [2.24, 2.45) is 0 Å². The SMILES string of the molecule is CC1(C)c2c(cccc2N(c2ccc(-c3ccccc3)cc2)c2cccc(-c3ccccc3)c2)-c2ccc3c(oc4ccccc43)c21. The molecule has 1 aliphatic carbocycles. The molecule has 8 aromatic rings. The molecule has 9 rings (SSSR count). The Balaban J connectivity index is 1.26. The van der Waals surface area contributed by atoms with E-state index < -0.39 is 0 Å². The van der Waals surface area contributed by atoms with Crippen molar-refractivity contribution in [3.63, 3.8) is 0 Å². The first-order valence-corrected chi connectivity index (χ1v) is 16.3. The van der Waals surface area contributed by atoms with Crippen LogP contribution in [0.4, 0.5) is 17.1 Å². The number of fused-ring (bicyclic) bond motifs is 7. The summed E-state index contributed by atoms with van der Waals surface area (Å²) in [6.07, 6.45) is 0. The lowest BCUT2D eigenvalue weighted by molar-refractivity contribution is 0.620. The molecule has 224 valence electrons. The molecule has 1 aromatic heterocycles. The molecule has 7 aromatic carbocycles. The van der Waals surface area contributed by atoms with Gasteiger partial charge in [-0.1, -0.05) is 135 Å². The van der Waals surface area contributed by atoms with Gasteiger partial charge in [-0.2, -0.15) is 0 Å². The van der Waals surface area contributed by atoms with Crippen LogP contribution in [0, 0.1) is 0 Å². The van der Waals surface area contributed by atoms with Crippen LogP contribution in [0.25, 0.3) is 55.3 Å². The summed E-state index contributed by atoms with van der Waals surface area (Å²) < 4.78 is 6.64. The smallest absolute Gasteiger partial charge is 0.140 e. The number of benzene rings is 7. The molecule has 0 radical (unpaired) electrons. The number of rotatable bonds is 5. The number of hydrogen-bond acceptors (Lipinski definition) is 2. The van der Waals surface area contributed by atoms with E-state index >= 15 is 0 Å². The van der Waals surface area contributed by atoms with Gasteiger partial charge in [-0.05, 0) is 81.4 Å². The van der Waals surface area contributed by atoms with Crippen molar-refractivity contribution in [2.45, 2.75) is 19.3 Å². The minimum atomic E-state index is -0.312. The van der Waals surface area contributed by atoms with Crippen LogP contribution in [0.3, 0.4) is 0 Å². The zero-order valence-corrected chi connectivity index (χ0v) is 26.4. The monoisotopic (exact) mass is 603 g/mol. The molecule has 0 spiro atoms. The van der Waals surface area contributed by atoms with Gasteiger partial charge in [-0.3, -0.25) is 0 Å². The number of nitrogens with zero attached hydrogens (tertiary/aromatic N) is 1. The highest BCUT2D eigenvalue weighted by molar-refractivity contribution is 6.09. The van der Waals surface area contributed by atoms with Crippen LogP contribution < -0.4 is 4.90 Å². The molecule has 2 heteroatoms. The lowest BCUT2D eigenvalue weighted by Crippen LogP contribution is -2.21. The first kappa shape index (κ1) is 27.5. The summed E-state index contributed by atoms with van der Waals surface area (Å²) in [5.74, 6) is 0. The highest BCUT2D eigenvalue weighted by Crippen LogP contribution is 2.57. The number of anilines is 3. The Labute approximate surface area is 275 Å². The standard InChI is InChI=1S/C45H33NO/c1-45(2)42-37(38-27-28-39-36-19-9-10-22-41(36)47-44(39)43(38)45)20-12-21-40(42)46(34-25-23-32(24-26-34)30-13-5-3-6-14-30)35-18-11-17-33(29-35)31-15-7-4-8-16-31/h3-29H,1-2H3. The van der Waals surface area contributed by atoms with E-state index in [0.29, 0.717) is 0 Å². The van der Waals surface area contributed by atoms with Crippen LogP contribution >= 0.6 is 0 Å². The van der Waals surface area contributed by atoms with Crippen molar-refractivity contribution < 1.29 is 4.42 Å². The zero-order valence-electron chi connectivity index (χ0n) is 26.4. The summed E-state index contributed by atoms with van der Waals surface area (Å²) in [7, 11) is 0. The fourth-order valence-electron chi connectivity index (χ4n) is 7.68. The topological polar surface area (TPSA) is 16.4 Å². The van der Waals surface area contributed by atoms with E-state index in [4.69, 9.17) is 4.42 Å². The summed E-state index contributed by atoms with van der Waals surface area (Å²) in [5.41, 5.74) is 14.9. The molecule has 0 bridgehead atoms. The lowest BCUT2D eigenvalue weighted by Gasteiger charge is -2.32. The van der Waals surface area contributed by atoms with E-state index in [2.05, 4.69) is 176 Å². The highest BCUT2D eigenvalue weighted by atomic mass is 16.3. The zero-order chi connectivity index (χ0) is 31.5. The molecule has 0 fully saturated rings. The number of furan rings is 1. The average Bonchev–Trinajstić information content (AvgIpc) is 3.62. The second kappa shape index (κ2) is 10.6. The predicted molar refractivity (Wildman–Crippen MR) is 197 cm³/mol. The predicted octanol–water partition coefficient (Wildman–Crippen LogP) is 12.7. The number of hydrogen-bond donors (Lipinski definition) is 0. The lowest BCUT2D eigenvalue weighted by atomic mass is 9.80. The Morgan fingerprint density at radius 2 is 1.06 bits per heavy atom. The van der Waals surface area contributed by atoms with Crippen LogP contribution in [-0.2, 0) is 5.41 Å². The van der Waals surface area contributed by atoms with Gasteiger partial charge >= 0.3 is 0 Å². The molecule has 0 atom stereocenters. The Morgan fingerprint density at radius 3 is 1.83 bits per heavy atom. The maximum absolute atomic E-state index is 6.64. The fourth-order valence-corrected chi connectivity index (χ4v) is 7.68. The minimum Gasteiger partial charge on any atom is -0.456 e. The summed E-state index contributed by atoms with van der Waals surface area (Å²) >= 11 is 0. The highest BCUT2D eigenvalue weighted by Gasteiger charge is 2.41. The third-order valence-corrected chi connectivity index (χ3v) is 9.81. The van der Waals surface area contributed by atoms with Gasteiger partial charge in [0.25, 0.3) is 0 Å². The van der Waals surface area contributed by atoms with E-state index in [1.54, 1.807) is 0 Å². The molecule has 0 saturated carbocycles. The van der Waals surface area contributed by atoms with Crippen molar-refractivity contribution >= 4 is 39.0 Å². The van der Waals surface area contributed by atoms with Crippen LogP contribution in [0.1, 0.15) is 25.0 Å². The molecular weight excluding hydrogens is 571 g/mol. The third kappa shape index (κ3) is 4.33. The summed E-state index contributed by atoms with van der Waals surface area (Å²) in [5, 5.41) is 2.33. The maximum Gasteiger partial charge on any atom is 0.140 e. The molecule has 0 aliphatic heterocycles. The van der Waals surface area contributed by atoms with Gasteiger partial charge in [-0.25, -0.2) is 0 Å². The van der Waals surface area contributed by atoms with Crippen molar-refractivity contribution in [2.75, 3.05) is 4.90 Å². The molecular formula is C45H33NO. The van der Waals surface area contributed by atoms with Gasteiger partial charge in [0.05, 0.1) is 5.69 Å². The molecule has 0 saturated heterocycles. The van der Waals surface area contributed by atoms with E-state index in [9.17, 15) is 0 Å². The minimum absolute atomic E-state index is 0.312. The summed E-state index contributed by atoms with van der Waals surface area (Å²) in [6, 6.07) is 58.8. The van der Waals surface area contributed by atoms with Crippen LogP contribution in [0.2, 0.25) is 0 Å². The maximum atomic E-state index is 6.64. The Kier molecular flexibility index (Phi) is 6.20. The largest absolute Gasteiger partial charge is 0.456 e. The van der Waals surface area contributed by atoms with Gasteiger partial charge in [0.15, 0.2) is 0 Å². The van der Waals surface area contributed by atoms with Crippen LogP contribution in [0.5, 0.6) is 0 Å². The number of para-hydroxylation sites is 1. The molecule has 2 nitrogen and oxygen atoms in total. The Hall–Kier alpha value is -5.86. The van der Waals surface area contributed by atoms with Crippen LogP contribution in [0.15, 0.2) is 168 Å². The van der Waals surface area contributed by atoms with Crippen LogP contribution in [-0.4, -0.2) is 0 Å². The molecule has 0 amide bonds. The molecule has 1 heterocycles. The van der Waals surface area contributed by atoms with Crippen molar-refractivity contribution in [3.8, 4) is 33.4 Å². The van der Waals surface area contributed by atoms with Crippen molar-refractivity contribution in [3.05, 3.63) is 175 Å². The summed E-state index contributed by atoms with van der Waals surface area (Å²) in [4.78, 5) is 2.43. The second-order valence-corrected chi connectivity index (χ2v) is 13.0. The van der Waals surface area contributed by atoms with E-state index in [1.807, 2.05) is 6.07 Å². The van der Waals surface area contributed by atoms with Crippen molar-refractivity contribution in [1.29, 1.82) is 0 Å². The van der Waals surface area contributed by atoms with Gasteiger partial charge in [0.2, 0.25) is 0 Å².